The zero-order valence-corrected chi connectivity index (χ0v) is 25.0. The maximum Gasteiger partial charge on any atom is 0.405 e. The van der Waals surface area contributed by atoms with Crippen LogP contribution in [0, 0.1) is 30.1 Å². The molecule has 0 aromatic heterocycles. The van der Waals surface area contributed by atoms with Crippen molar-refractivity contribution < 1.29 is 14.6 Å². The summed E-state index contributed by atoms with van der Waals surface area (Å²) in [5, 5.41) is 22.1. The predicted molar refractivity (Wildman–Crippen MR) is 164 cm³/mol. The van der Waals surface area contributed by atoms with E-state index in [1.54, 1.807) is 13.2 Å². The van der Waals surface area contributed by atoms with E-state index < -0.39 is 12.3 Å². The molecule has 0 saturated heterocycles. The summed E-state index contributed by atoms with van der Waals surface area (Å²) in [4.78, 5) is 15.9. The molecular weight excluding hydrogens is 504 g/mol. The number of carboxylic acid groups (broad SMARTS) is 1. The Kier molecular flexibility index (Phi) is 16.0. The molecule has 0 aromatic rings. The molecule has 0 aliphatic heterocycles. The standard InChI is InChI=1S/C31H54N6O3/c1-6-12-26(13-7-2)27(21-40-5)28(18-24-14-9-8-10-15-24)33-19-29(32)37-30(20-34-31(38)39)36-23(4)35-22(3)25-16-11-17-25/h1,7,13,22-25,27-29,33-35H,2,8-12,14-21,32H2,3-5H3,(H,36,37)(H,38,39)/b26-13+/t22-,23?,27?,28?,29?/m1/s1. The Labute approximate surface area is 242 Å². The number of ether oxygens (including phenoxy) is 1. The zero-order valence-electron chi connectivity index (χ0n) is 25.0. The predicted octanol–water partition coefficient (Wildman–Crippen LogP) is 3.98. The summed E-state index contributed by atoms with van der Waals surface area (Å²) in [5.41, 5.74) is 7.67. The van der Waals surface area contributed by atoms with Gasteiger partial charge in [0, 0.05) is 38.1 Å². The molecule has 40 heavy (non-hydrogen) atoms. The van der Waals surface area contributed by atoms with E-state index in [1.165, 1.54) is 51.4 Å². The first-order valence-corrected chi connectivity index (χ1v) is 15.1. The third kappa shape index (κ3) is 12.4. The summed E-state index contributed by atoms with van der Waals surface area (Å²) in [6.45, 7) is 9.14. The fourth-order valence-corrected chi connectivity index (χ4v) is 5.98. The van der Waals surface area contributed by atoms with Gasteiger partial charge < -0.3 is 31.5 Å². The van der Waals surface area contributed by atoms with Crippen LogP contribution in [-0.4, -0.2) is 68.3 Å². The lowest BCUT2D eigenvalue weighted by molar-refractivity contribution is 0.133. The van der Waals surface area contributed by atoms with Crippen molar-refractivity contribution in [3.63, 3.8) is 0 Å². The van der Waals surface area contributed by atoms with Crippen LogP contribution in [0.25, 0.3) is 0 Å². The summed E-state index contributed by atoms with van der Waals surface area (Å²) in [6.07, 6.45) is 19.4. The largest absolute Gasteiger partial charge is 0.465 e. The smallest absolute Gasteiger partial charge is 0.405 e. The molecule has 5 atom stereocenters. The number of amidine groups is 1. The molecule has 2 fully saturated rings. The maximum absolute atomic E-state index is 11.2. The van der Waals surface area contributed by atoms with Gasteiger partial charge in [0.1, 0.15) is 5.84 Å². The molecule has 226 valence electrons. The molecule has 1 amide bonds. The van der Waals surface area contributed by atoms with E-state index in [9.17, 15) is 9.90 Å². The molecule has 9 heteroatoms. The highest BCUT2D eigenvalue weighted by atomic mass is 16.5. The average Bonchev–Trinajstić information content (AvgIpc) is 2.87. The number of carbonyl (C=O) groups is 1. The molecule has 2 saturated carbocycles. The van der Waals surface area contributed by atoms with Gasteiger partial charge in [0.15, 0.2) is 0 Å². The summed E-state index contributed by atoms with van der Waals surface area (Å²) < 4.78 is 5.66. The van der Waals surface area contributed by atoms with Crippen LogP contribution in [0.2, 0.25) is 0 Å². The second-order valence-corrected chi connectivity index (χ2v) is 11.5. The number of hydrogen-bond donors (Lipinski definition) is 6. The second-order valence-electron chi connectivity index (χ2n) is 11.5. The minimum Gasteiger partial charge on any atom is -0.465 e. The lowest BCUT2D eigenvalue weighted by Crippen LogP contribution is -2.54. The van der Waals surface area contributed by atoms with Crippen molar-refractivity contribution in [2.45, 2.75) is 102 Å². The van der Waals surface area contributed by atoms with Crippen LogP contribution < -0.4 is 27.0 Å². The van der Waals surface area contributed by atoms with E-state index in [-0.39, 0.29) is 24.7 Å². The number of nitrogens with two attached hydrogens (primary N) is 1. The number of rotatable bonds is 18. The monoisotopic (exact) mass is 558 g/mol. The second kappa shape index (κ2) is 18.9. The van der Waals surface area contributed by atoms with Gasteiger partial charge in [-0.3, -0.25) is 10.3 Å². The van der Waals surface area contributed by atoms with E-state index >= 15 is 0 Å². The van der Waals surface area contributed by atoms with Crippen molar-refractivity contribution in [2.75, 3.05) is 26.8 Å². The number of hydrogen-bond acceptors (Lipinski definition) is 6. The highest BCUT2D eigenvalue weighted by Gasteiger charge is 2.29. The van der Waals surface area contributed by atoms with Gasteiger partial charge in [0.25, 0.3) is 0 Å². The number of methoxy groups -OCH3 is 1. The van der Waals surface area contributed by atoms with Crippen LogP contribution in [0.5, 0.6) is 0 Å². The van der Waals surface area contributed by atoms with Crippen LogP contribution in [0.3, 0.4) is 0 Å². The Hall–Kier alpha value is -2.38. The molecule has 9 nitrogen and oxygen atoms in total. The molecule has 0 radical (unpaired) electrons. The first-order valence-electron chi connectivity index (χ1n) is 15.1. The normalized spacial score (nSPS) is 20.9. The minimum atomic E-state index is -1.10. The summed E-state index contributed by atoms with van der Waals surface area (Å²) in [7, 11) is 1.72. The van der Waals surface area contributed by atoms with Gasteiger partial charge in [0.2, 0.25) is 0 Å². The summed E-state index contributed by atoms with van der Waals surface area (Å²) in [5.74, 6) is 4.72. The first-order chi connectivity index (χ1) is 19.3. The fourth-order valence-electron chi connectivity index (χ4n) is 5.98. The third-order valence-electron chi connectivity index (χ3n) is 8.33. The number of aliphatic imine (C=N–C) groups is 1. The molecular formula is C31H54N6O3. The Morgan fingerprint density at radius 1 is 1.23 bits per heavy atom. The molecule has 2 aliphatic carbocycles. The van der Waals surface area contributed by atoms with Gasteiger partial charge >= 0.3 is 6.09 Å². The Balaban J connectivity index is 2.12. The third-order valence-corrected chi connectivity index (χ3v) is 8.33. The molecule has 0 aromatic carbocycles. The molecule has 0 bridgehead atoms. The lowest BCUT2D eigenvalue weighted by atomic mass is 9.79. The van der Waals surface area contributed by atoms with Crippen molar-refractivity contribution in [1.29, 1.82) is 0 Å². The van der Waals surface area contributed by atoms with E-state index in [0.717, 1.165) is 12.0 Å². The first kappa shape index (κ1) is 33.8. The van der Waals surface area contributed by atoms with Gasteiger partial charge in [-0.1, -0.05) is 62.8 Å². The molecule has 7 N–H and O–H groups in total. The minimum absolute atomic E-state index is 0.0546. The van der Waals surface area contributed by atoms with Gasteiger partial charge in [-0.25, -0.2) is 4.79 Å². The fraction of sp³-hybridized carbons (Fsp3) is 0.742. The Morgan fingerprint density at radius 2 is 1.95 bits per heavy atom. The van der Waals surface area contributed by atoms with E-state index in [1.807, 2.05) is 13.0 Å². The van der Waals surface area contributed by atoms with Gasteiger partial charge in [-0.15, -0.1) is 12.3 Å². The number of nitrogens with one attached hydrogen (secondary N) is 4. The van der Waals surface area contributed by atoms with E-state index in [0.29, 0.717) is 43.3 Å². The van der Waals surface area contributed by atoms with E-state index in [2.05, 4.69) is 40.7 Å². The van der Waals surface area contributed by atoms with Crippen molar-refractivity contribution in [3.8, 4) is 12.3 Å². The van der Waals surface area contributed by atoms with Gasteiger partial charge in [-0.2, -0.15) is 0 Å². The number of allylic oxidation sites excluding steroid dienone is 2. The van der Waals surface area contributed by atoms with Crippen LogP contribution in [0.15, 0.2) is 29.3 Å². The highest BCUT2D eigenvalue weighted by molar-refractivity contribution is 5.87. The van der Waals surface area contributed by atoms with Gasteiger partial charge in [0.05, 0.1) is 25.5 Å². The van der Waals surface area contributed by atoms with Crippen molar-refractivity contribution in [2.24, 2.45) is 28.5 Å². The lowest BCUT2D eigenvalue weighted by Gasteiger charge is -2.34. The van der Waals surface area contributed by atoms with Crippen molar-refractivity contribution in [3.05, 3.63) is 24.3 Å². The number of terminal acetylenes is 1. The number of nitrogens with zero attached hydrogens (tertiary/aromatic N) is 1. The highest BCUT2D eigenvalue weighted by Crippen LogP contribution is 2.32. The molecule has 4 unspecified atom stereocenters. The maximum atomic E-state index is 11.2. The molecule has 2 rings (SSSR count). The Morgan fingerprint density at radius 3 is 2.52 bits per heavy atom. The summed E-state index contributed by atoms with van der Waals surface area (Å²) in [6, 6.07) is 0.479. The molecule has 0 heterocycles. The SMILES string of the molecule is C#CC/C(=C\C=C)C(COC)C(CC1CCCCC1)NCC(N)N/C(CNC(=O)O)=N\C(C)N[C@H](C)C1CCC1. The van der Waals surface area contributed by atoms with Crippen LogP contribution in [0.1, 0.15) is 78.1 Å². The van der Waals surface area contributed by atoms with E-state index in [4.69, 9.17) is 21.9 Å². The summed E-state index contributed by atoms with van der Waals surface area (Å²) >= 11 is 0. The van der Waals surface area contributed by atoms with Crippen LogP contribution in [0.4, 0.5) is 4.79 Å². The van der Waals surface area contributed by atoms with Crippen LogP contribution >= 0.6 is 0 Å². The van der Waals surface area contributed by atoms with Crippen molar-refractivity contribution >= 4 is 11.9 Å². The average molecular weight is 559 g/mol. The van der Waals surface area contributed by atoms with Crippen LogP contribution in [-0.2, 0) is 4.74 Å². The van der Waals surface area contributed by atoms with Crippen molar-refractivity contribution in [1.82, 2.24) is 21.3 Å². The van der Waals surface area contributed by atoms with Gasteiger partial charge in [-0.05, 0) is 44.9 Å². The zero-order chi connectivity index (χ0) is 29.3. The molecule has 2 aliphatic rings. The molecule has 0 spiro atoms. The quantitative estimate of drug-likeness (QED) is 0.0493. The number of amides is 1. The Bertz CT molecular complexity index is 860. The topological polar surface area (TPSA) is 133 Å².